The number of anilines is 1. The fourth-order valence-corrected chi connectivity index (χ4v) is 4.94. The van der Waals surface area contributed by atoms with Gasteiger partial charge in [-0.1, -0.05) is 49.7 Å². The third-order valence-electron chi connectivity index (χ3n) is 5.39. The first-order chi connectivity index (χ1) is 13.1. The molecule has 1 aliphatic heterocycles. The maximum Gasteiger partial charge on any atom is 0.294 e. The lowest BCUT2D eigenvalue weighted by molar-refractivity contribution is -0.574. The number of aryl methyl sites for hydroxylation is 3. The SMILES string of the molecule is Cc1cc(C)c(N2C=[N+](Cc3ccccc3S(=O)(=O)O)[C@@H](C(C)C)C2)c(C)c1. The highest BCUT2D eigenvalue weighted by atomic mass is 32.2. The Morgan fingerprint density at radius 3 is 2.32 bits per heavy atom. The number of rotatable bonds is 5. The molecule has 28 heavy (non-hydrogen) atoms. The Labute approximate surface area is 168 Å². The van der Waals surface area contributed by atoms with Crippen molar-refractivity contribution in [2.75, 3.05) is 11.4 Å². The summed E-state index contributed by atoms with van der Waals surface area (Å²) in [6.07, 6.45) is 2.09. The zero-order valence-electron chi connectivity index (χ0n) is 17.2. The molecule has 0 fully saturated rings. The van der Waals surface area contributed by atoms with E-state index in [0.717, 1.165) is 6.54 Å². The van der Waals surface area contributed by atoms with Crippen LogP contribution in [0, 0.1) is 26.7 Å². The van der Waals surface area contributed by atoms with Crippen molar-refractivity contribution < 1.29 is 17.5 Å². The minimum absolute atomic E-state index is 0.0212. The van der Waals surface area contributed by atoms with Gasteiger partial charge in [0.2, 0.25) is 6.34 Å². The van der Waals surface area contributed by atoms with Crippen LogP contribution >= 0.6 is 0 Å². The van der Waals surface area contributed by atoms with Gasteiger partial charge in [0.25, 0.3) is 10.1 Å². The molecule has 2 aromatic rings. The lowest BCUT2D eigenvalue weighted by Gasteiger charge is -2.18. The maximum atomic E-state index is 11.8. The average molecular weight is 402 g/mol. The van der Waals surface area contributed by atoms with E-state index in [1.165, 1.54) is 28.4 Å². The maximum absolute atomic E-state index is 11.8. The van der Waals surface area contributed by atoms with E-state index in [4.69, 9.17) is 0 Å². The molecule has 1 aliphatic rings. The van der Waals surface area contributed by atoms with E-state index < -0.39 is 10.1 Å². The fraction of sp³-hybridized carbons (Fsp3) is 0.409. The molecule has 5 nitrogen and oxygen atoms in total. The van der Waals surface area contributed by atoms with Crippen molar-refractivity contribution in [2.45, 2.75) is 52.1 Å². The van der Waals surface area contributed by atoms with Crippen molar-refractivity contribution in [1.82, 2.24) is 0 Å². The van der Waals surface area contributed by atoms with Crippen molar-refractivity contribution in [2.24, 2.45) is 5.92 Å². The van der Waals surface area contributed by atoms with Crippen LogP contribution in [0.15, 0.2) is 41.3 Å². The molecule has 0 bridgehead atoms. The number of nitrogens with zero attached hydrogens (tertiary/aromatic N) is 2. The van der Waals surface area contributed by atoms with Gasteiger partial charge in [-0.25, -0.2) is 4.90 Å². The summed E-state index contributed by atoms with van der Waals surface area (Å²) in [7, 11) is -4.25. The van der Waals surface area contributed by atoms with Gasteiger partial charge >= 0.3 is 0 Å². The summed E-state index contributed by atoms with van der Waals surface area (Å²) < 4.78 is 35.3. The molecule has 1 N–H and O–H groups in total. The van der Waals surface area contributed by atoms with Crippen molar-refractivity contribution in [1.29, 1.82) is 0 Å². The van der Waals surface area contributed by atoms with E-state index in [1.54, 1.807) is 18.2 Å². The second kappa shape index (κ2) is 7.68. The molecule has 3 rings (SSSR count). The summed E-state index contributed by atoms with van der Waals surface area (Å²) in [6, 6.07) is 11.3. The van der Waals surface area contributed by atoms with Crippen LogP contribution in [-0.2, 0) is 16.7 Å². The Morgan fingerprint density at radius 1 is 1.14 bits per heavy atom. The summed E-state index contributed by atoms with van der Waals surface area (Å²) in [4.78, 5) is 2.25. The highest BCUT2D eigenvalue weighted by Gasteiger charge is 2.36. The lowest BCUT2D eigenvalue weighted by Crippen LogP contribution is -2.32. The zero-order valence-corrected chi connectivity index (χ0v) is 18.0. The molecular formula is C22H29N2O3S+. The van der Waals surface area contributed by atoms with Crippen LogP contribution in [-0.4, -0.2) is 36.5 Å². The molecule has 0 radical (unpaired) electrons. The summed E-state index contributed by atoms with van der Waals surface area (Å²) in [5, 5.41) is 0. The zero-order chi connectivity index (χ0) is 20.6. The standard InChI is InChI=1S/C22H28N2O3S/c1-15(2)20-13-24(22-17(4)10-16(3)11-18(22)5)14-23(20)12-19-8-6-7-9-21(19)28(25,26)27/h6-11,14-15,20H,12-13H2,1-5H3/p+1/t20-/m1/s1. The first-order valence-corrected chi connectivity index (χ1v) is 11.0. The normalized spacial score (nSPS) is 17.3. The van der Waals surface area contributed by atoms with Crippen LogP contribution in [0.3, 0.4) is 0 Å². The molecule has 2 aromatic carbocycles. The summed E-state index contributed by atoms with van der Waals surface area (Å²) in [5.41, 5.74) is 5.53. The van der Waals surface area contributed by atoms with Gasteiger partial charge in [0, 0.05) is 5.56 Å². The molecule has 0 aromatic heterocycles. The second-order valence-electron chi connectivity index (χ2n) is 8.08. The van der Waals surface area contributed by atoms with E-state index in [-0.39, 0.29) is 10.9 Å². The van der Waals surface area contributed by atoms with Crippen molar-refractivity contribution >= 4 is 22.1 Å². The molecule has 0 saturated carbocycles. The topological polar surface area (TPSA) is 60.6 Å². The van der Waals surface area contributed by atoms with Gasteiger partial charge < -0.3 is 0 Å². The van der Waals surface area contributed by atoms with Gasteiger partial charge in [0.1, 0.15) is 29.7 Å². The smallest absolute Gasteiger partial charge is 0.282 e. The number of hydrogen-bond acceptors (Lipinski definition) is 3. The number of hydrogen-bond donors (Lipinski definition) is 1. The monoisotopic (exact) mass is 401 g/mol. The second-order valence-corrected chi connectivity index (χ2v) is 9.47. The molecule has 0 saturated heterocycles. The van der Waals surface area contributed by atoms with Crippen LogP contribution in [0.2, 0.25) is 0 Å². The van der Waals surface area contributed by atoms with Crippen LogP contribution in [0.4, 0.5) is 5.69 Å². The Kier molecular flexibility index (Phi) is 5.64. The van der Waals surface area contributed by atoms with E-state index in [2.05, 4.69) is 62.6 Å². The first kappa shape index (κ1) is 20.6. The van der Waals surface area contributed by atoms with Gasteiger partial charge in [-0.15, -0.1) is 0 Å². The quantitative estimate of drug-likeness (QED) is 0.609. The fourth-order valence-electron chi connectivity index (χ4n) is 4.23. The lowest BCUT2D eigenvalue weighted by atomic mass is 10.0. The molecule has 6 heteroatoms. The van der Waals surface area contributed by atoms with Gasteiger partial charge in [-0.3, -0.25) is 9.13 Å². The highest BCUT2D eigenvalue weighted by Crippen LogP contribution is 2.29. The third-order valence-corrected chi connectivity index (χ3v) is 6.35. The molecule has 1 heterocycles. The van der Waals surface area contributed by atoms with Gasteiger partial charge in [-0.05, 0) is 43.9 Å². The molecule has 0 aliphatic carbocycles. The third kappa shape index (κ3) is 4.13. The van der Waals surface area contributed by atoms with Crippen LogP contribution < -0.4 is 4.90 Å². The Morgan fingerprint density at radius 2 is 1.75 bits per heavy atom. The minimum Gasteiger partial charge on any atom is -0.282 e. The highest BCUT2D eigenvalue weighted by molar-refractivity contribution is 7.85. The Bertz CT molecular complexity index is 1000. The van der Waals surface area contributed by atoms with Gasteiger partial charge in [0.15, 0.2) is 0 Å². The Hall–Kier alpha value is -2.18. The van der Waals surface area contributed by atoms with E-state index >= 15 is 0 Å². The first-order valence-electron chi connectivity index (χ1n) is 9.58. The minimum atomic E-state index is -4.25. The molecule has 150 valence electrons. The summed E-state index contributed by atoms with van der Waals surface area (Å²) in [6.45, 7) is 12.0. The predicted octanol–water partition coefficient (Wildman–Crippen LogP) is 3.94. The summed E-state index contributed by atoms with van der Waals surface area (Å²) >= 11 is 0. The summed E-state index contributed by atoms with van der Waals surface area (Å²) in [5.74, 6) is 0.394. The number of benzene rings is 2. The largest absolute Gasteiger partial charge is 0.294 e. The van der Waals surface area contributed by atoms with Crippen molar-refractivity contribution in [3.63, 3.8) is 0 Å². The van der Waals surface area contributed by atoms with E-state index in [1.807, 2.05) is 0 Å². The molecular weight excluding hydrogens is 372 g/mol. The molecule has 0 unspecified atom stereocenters. The van der Waals surface area contributed by atoms with Gasteiger partial charge in [-0.2, -0.15) is 8.42 Å². The molecule has 1 atom stereocenters. The Balaban J connectivity index is 2.02. The van der Waals surface area contributed by atoms with E-state index in [9.17, 15) is 13.0 Å². The van der Waals surface area contributed by atoms with Gasteiger partial charge in [0.05, 0.1) is 0 Å². The molecule has 0 spiro atoms. The van der Waals surface area contributed by atoms with E-state index in [0.29, 0.717) is 18.0 Å². The molecule has 0 amide bonds. The van der Waals surface area contributed by atoms with Crippen molar-refractivity contribution in [3.05, 3.63) is 58.7 Å². The van der Waals surface area contributed by atoms with Crippen LogP contribution in [0.25, 0.3) is 0 Å². The predicted molar refractivity (Wildman–Crippen MR) is 113 cm³/mol. The van der Waals surface area contributed by atoms with Crippen LogP contribution in [0.1, 0.15) is 36.1 Å². The average Bonchev–Trinajstić information content (AvgIpc) is 2.97. The van der Waals surface area contributed by atoms with Crippen LogP contribution in [0.5, 0.6) is 0 Å². The van der Waals surface area contributed by atoms with Crippen molar-refractivity contribution in [3.8, 4) is 0 Å².